The van der Waals surface area contributed by atoms with Gasteiger partial charge in [-0.2, -0.15) is 0 Å². The predicted molar refractivity (Wildman–Crippen MR) is 63.0 cm³/mol. The number of carbonyl (C=O) groups is 1. The Labute approximate surface area is 94.2 Å². The first-order valence-electron chi connectivity index (χ1n) is 4.91. The average molecular weight is 295 g/mol. The van der Waals surface area contributed by atoms with Crippen molar-refractivity contribution in [3.8, 4) is 0 Å². The fraction of sp³-hybridized carbons (Fsp3) is 0.900. The Kier molecular flexibility index (Phi) is 3.60. The van der Waals surface area contributed by atoms with Crippen molar-refractivity contribution in [1.29, 1.82) is 0 Å². The van der Waals surface area contributed by atoms with Crippen LogP contribution in [0.5, 0.6) is 0 Å². The van der Waals surface area contributed by atoms with Crippen molar-refractivity contribution in [2.24, 2.45) is 5.92 Å². The third kappa shape index (κ3) is 2.58. The molecule has 0 aromatic heterocycles. The molecule has 0 aromatic rings. The van der Waals surface area contributed by atoms with E-state index in [2.05, 4.69) is 50.3 Å². The van der Waals surface area contributed by atoms with Gasteiger partial charge in [-0.15, -0.1) is 0 Å². The Balaban J connectivity index is 2.60. The molecular formula is C10H18INO. The summed E-state index contributed by atoms with van der Waals surface area (Å²) in [6.07, 6.45) is 1.08. The zero-order chi connectivity index (χ0) is 10.2. The number of carbonyl (C=O) groups excluding carboxylic acids is 1. The molecule has 1 aliphatic rings. The SMILES string of the molecule is CC(C)N(C(=O)[C@H]1C[C@H]1I)C(C)C. The quantitative estimate of drug-likeness (QED) is 0.578. The van der Waals surface area contributed by atoms with E-state index in [4.69, 9.17) is 0 Å². The van der Waals surface area contributed by atoms with Gasteiger partial charge in [0, 0.05) is 16.0 Å². The summed E-state index contributed by atoms with van der Waals surface area (Å²) >= 11 is 2.36. The van der Waals surface area contributed by atoms with Crippen LogP contribution in [0.3, 0.4) is 0 Å². The fourth-order valence-electron chi connectivity index (χ4n) is 1.72. The number of nitrogens with zero attached hydrogens (tertiary/aromatic N) is 1. The van der Waals surface area contributed by atoms with Crippen LogP contribution in [0.2, 0.25) is 0 Å². The Hall–Kier alpha value is 0.200. The maximum absolute atomic E-state index is 11.9. The molecule has 0 aromatic carbocycles. The molecule has 0 spiro atoms. The molecule has 0 aliphatic heterocycles. The van der Waals surface area contributed by atoms with Gasteiger partial charge < -0.3 is 4.90 Å². The van der Waals surface area contributed by atoms with Crippen molar-refractivity contribution in [2.75, 3.05) is 0 Å². The highest BCUT2D eigenvalue weighted by Crippen LogP contribution is 2.40. The second-order valence-corrected chi connectivity index (χ2v) is 5.89. The van der Waals surface area contributed by atoms with Gasteiger partial charge in [-0.25, -0.2) is 0 Å². The lowest BCUT2D eigenvalue weighted by molar-refractivity contribution is -0.136. The van der Waals surface area contributed by atoms with Crippen LogP contribution in [0.25, 0.3) is 0 Å². The predicted octanol–water partition coefficient (Wildman–Crippen LogP) is 2.46. The lowest BCUT2D eigenvalue weighted by atomic mass is 10.2. The smallest absolute Gasteiger partial charge is 0.227 e. The number of rotatable bonds is 3. The lowest BCUT2D eigenvalue weighted by Crippen LogP contribution is -2.43. The first-order valence-corrected chi connectivity index (χ1v) is 6.16. The molecule has 2 atom stereocenters. The van der Waals surface area contributed by atoms with Crippen molar-refractivity contribution in [1.82, 2.24) is 4.90 Å². The summed E-state index contributed by atoms with van der Waals surface area (Å²) < 4.78 is 0.588. The summed E-state index contributed by atoms with van der Waals surface area (Å²) in [5.74, 6) is 0.662. The molecule has 3 heteroatoms. The fourth-order valence-corrected chi connectivity index (χ4v) is 2.57. The molecule has 13 heavy (non-hydrogen) atoms. The molecule has 1 saturated carbocycles. The molecule has 0 bridgehead atoms. The maximum Gasteiger partial charge on any atom is 0.227 e. The van der Waals surface area contributed by atoms with E-state index in [9.17, 15) is 4.79 Å². The largest absolute Gasteiger partial charge is 0.338 e. The Morgan fingerprint density at radius 3 is 1.92 bits per heavy atom. The molecule has 2 nitrogen and oxygen atoms in total. The third-order valence-corrected chi connectivity index (χ3v) is 3.77. The van der Waals surface area contributed by atoms with Gasteiger partial charge in [0.25, 0.3) is 0 Å². The Bertz CT molecular complexity index is 195. The zero-order valence-corrected chi connectivity index (χ0v) is 10.9. The van der Waals surface area contributed by atoms with Crippen LogP contribution in [-0.4, -0.2) is 26.8 Å². The van der Waals surface area contributed by atoms with E-state index in [-0.39, 0.29) is 0 Å². The second-order valence-electron chi connectivity index (χ2n) is 4.29. The summed E-state index contributed by atoms with van der Waals surface area (Å²) in [6, 6.07) is 0.661. The maximum atomic E-state index is 11.9. The standard InChI is InChI=1S/C10H18INO/c1-6(2)12(7(3)4)10(13)8-5-9(8)11/h6-9H,5H2,1-4H3/t8-,9+/m0/s1. The van der Waals surface area contributed by atoms with E-state index < -0.39 is 0 Å². The van der Waals surface area contributed by atoms with E-state index in [0.717, 1.165) is 6.42 Å². The molecule has 0 unspecified atom stereocenters. The van der Waals surface area contributed by atoms with Gasteiger partial charge in [0.15, 0.2) is 0 Å². The van der Waals surface area contributed by atoms with E-state index in [0.29, 0.717) is 27.8 Å². The molecule has 1 rings (SSSR count). The van der Waals surface area contributed by atoms with Crippen molar-refractivity contribution < 1.29 is 4.79 Å². The topological polar surface area (TPSA) is 20.3 Å². The summed E-state index contributed by atoms with van der Waals surface area (Å²) in [4.78, 5) is 13.9. The summed E-state index contributed by atoms with van der Waals surface area (Å²) in [5.41, 5.74) is 0. The van der Waals surface area contributed by atoms with Gasteiger partial charge in [0.1, 0.15) is 0 Å². The monoisotopic (exact) mass is 295 g/mol. The summed E-state index contributed by atoms with van der Waals surface area (Å²) in [6.45, 7) is 8.34. The molecule has 0 radical (unpaired) electrons. The van der Waals surface area contributed by atoms with Gasteiger partial charge in [-0.1, -0.05) is 22.6 Å². The molecule has 1 fully saturated rings. The molecule has 0 N–H and O–H groups in total. The first kappa shape index (κ1) is 11.3. The highest BCUT2D eigenvalue weighted by atomic mass is 127. The first-order chi connectivity index (χ1) is 5.95. The number of halogens is 1. The number of alkyl halides is 1. The minimum absolute atomic E-state index is 0.311. The van der Waals surface area contributed by atoms with Gasteiger partial charge in [-0.3, -0.25) is 4.79 Å². The van der Waals surface area contributed by atoms with Gasteiger partial charge in [0.2, 0.25) is 5.91 Å². The van der Waals surface area contributed by atoms with Crippen LogP contribution in [0.4, 0.5) is 0 Å². The van der Waals surface area contributed by atoms with Crippen LogP contribution in [-0.2, 0) is 4.79 Å². The number of hydrogen-bond acceptors (Lipinski definition) is 1. The van der Waals surface area contributed by atoms with E-state index in [1.807, 2.05) is 4.90 Å². The van der Waals surface area contributed by atoms with Crippen molar-refractivity contribution in [3.63, 3.8) is 0 Å². The van der Waals surface area contributed by atoms with E-state index in [1.165, 1.54) is 0 Å². The molecule has 76 valence electrons. The Morgan fingerprint density at radius 1 is 1.31 bits per heavy atom. The van der Waals surface area contributed by atoms with Gasteiger partial charge >= 0.3 is 0 Å². The molecule has 0 saturated heterocycles. The highest BCUT2D eigenvalue weighted by Gasteiger charge is 2.44. The summed E-state index contributed by atoms with van der Waals surface area (Å²) in [7, 11) is 0. The normalized spacial score (nSPS) is 26.7. The van der Waals surface area contributed by atoms with Crippen LogP contribution < -0.4 is 0 Å². The average Bonchev–Trinajstić information content (AvgIpc) is 2.64. The van der Waals surface area contributed by atoms with Crippen LogP contribution in [0.1, 0.15) is 34.1 Å². The van der Waals surface area contributed by atoms with Crippen molar-refractivity contribution >= 4 is 28.5 Å². The zero-order valence-electron chi connectivity index (χ0n) is 8.75. The number of hydrogen-bond donors (Lipinski definition) is 0. The van der Waals surface area contributed by atoms with Crippen LogP contribution in [0, 0.1) is 5.92 Å². The van der Waals surface area contributed by atoms with Crippen molar-refractivity contribution in [3.05, 3.63) is 0 Å². The molecule has 0 heterocycles. The minimum atomic E-state index is 0.311. The molecular weight excluding hydrogens is 277 g/mol. The highest BCUT2D eigenvalue weighted by molar-refractivity contribution is 14.1. The Morgan fingerprint density at radius 2 is 1.69 bits per heavy atom. The second kappa shape index (κ2) is 4.15. The van der Waals surface area contributed by atoms with Crippen molar-refractivity contribution in [2.45, 2.75) is 50.1 Å². The third-order valence-electron chi connectivity index (χ3n) is 2.40. The molecule has 1 aliphatic carbocycles. The minimum Gasteiger partial charge on any atom is -0.338 e. The molecule has 1 amide bonds. The lowest BCUT2D eigenvalue weighted by Gasteiger charge is -2.31. The van der Waals surface area contributed by atoms with Gasteiger partial charge in [0.05, 0.1) is 5.92 Å². The van der Waals surface area contributed by atoms with E-state index in [1.54, 1.807) is 0 Å². The summed E-state index contributed by atoms with van der Waals surface area (Å²) in [5, 5.41) is 0. The number of amides is 1. The van der Waals surface area contributed by atoms with Crippen LogP contribution in [0.15, 0.2) is 0 Å². The van der Waals surface area contributed by atoms with Gasteiger partial charge in [-0.05, 0) is 34.1 Å². The van der Waals surface area contributed by atoms with Crippen LogP contribution >= 0.6 is 22.6 Å². The van der Waals surface area contributed by atoms with E-state index >= 15 is 0 Å².